The van der Waals surface area contributed by atoms with Crippen LogP contribution in [-0.4, -0.2) is 29.0 Å². The fraction of sp³-hybridized carbons (Fsp3) is 0.393. The minimum Gasteiger partial charge on any atom is -0.366 e. The number of fused-ring (bicyclic) bond motifs is 1. The van der Waals surface area contributed by atoms with Gasteiger partial charge in [0.15, 0.2) is 5.11 Å². The maximum atomic E-state index is 13.4. The lowest BCUT2D eigenvalue weighted by Gasteiger charge is -2.48. The molecule has 2 heterocycles. The third-order valence-corrected chi connectivity index (χ3v) is 7.20. The molecular weight excluding hydrogens is 442 g/mol. The van der Waals surface area contributed by atoms with E-state index >= 15 is 0 Å². The van der Waals surface area contributed by atoms with Gasteiger partial charge in [0.2, 0.25) is 0 Å². The molecule has 1 saturated heterocycles. The van der Waals surface area contributed by atoms with Gasteiger partial charge in [-0.05, 0) is 106 Å². The average Bonchev–Trinajstić information content (AvgIpc) is 2.75. The van der Waals surface area contributed by atoms with Crippen LogP contribution in [0.5, 0.6) is 0 Å². The largest absolute Gasteiger partial charge is 0.366 e. The lowest BCUT2D eigenvalue weighted by molar-refractivity contribution is -0.122. The summed E-state index contributed by atoms with van der Waals surface area (Å²) >= 11 is 5.33. The van der Waals surface area contributed by atoms with Crippen LogP contribution in [-0.2, 0) is 9.59 Å². The topological polar surface area (TPSA) is 52.7 Å². The van der Waals surface area contributed by atoms with Crippen molar-refractivity contribution in [1.82, 2.24) is 5.32 Å². The summed E-state index contributed by atoms with van der Waals surface area (Å²) < 4.78 is 0. The summed E-state index contributed by atoms with van der Waals surface area (Å²) in [4.78, 5) is 30.1. The Labute approximate surface area is 207 Å². The van der Waals surface area contributed by atoms with Crippen molar-refractivity contribution in [1.29, 1.82) is 0 Å². The van der Waals surface area contributed by atoms with Gasteiger partial charge in [-0.15, -0.1) is 0 Å². The van der Waals surface area contributed by atoms with E-state index in [1.165, 1.54) is 16.2 Å². The SMILES string of the molecule is CCCN1c2cc(C)c(/C=C3/C(=O)NC(=S)N(c4ccc(C)cc4)C3=O)cc2C(C)CC1(C)C. The lowest BCUT2D eigenvalue weighted by Crippen LogP contribution is -2.54. The van der Waals surface area contributed by atoms with Crippen molar-refractivity contribution in [2.75, 3.05) is 16.3 Å². The van der Waals surface area contributed by atoms with Crippen LogP contribution in [0.2, 0.25) is 0 Å². The summed E-state index contributed by atoms with van der Waals surface area (Å²) in [6.45, 7) is 14.1. The number of hydrogen-bond acceptors (Lipinski definition) is 4. The molecule has 6 heteroatoms. The van der Waals surface area contributed by atoms with E-state index in [1.807, 2.05) is 38.1 Å². The monoisotopic (exact) mass is 475 g/mol. The van der Waals surface area contributed by atoms with Crippen molar-refractivity contribution in [2.45, 2.75) is 65.8 Å². The molecule has 2 aromatic rings. The molecule has 0 spiro atoms. The molecule has 2 aliphatic rings. The molecule has 2 aliphatic heterocycles. The third kappa shape index (κ3) is 4.27. The molecule has 4 rings (SSSR count). The maximum absolute atomic E-state index is 13.4. The van der Waals surface area contributed by atoms with Crippen LogP contribution >= 0.6 is 12.2 Å². The molecule has 34 heavy (non-hydrogen) atoms. The van der Waals surface area contributed by atoms with E-state index in [0.29, 0.717) is 11.6 Å². The second-order valence-corrected chi connectivity index (χ2v) is 10.5. The normalized spacial score (nSPS) is 21.1. The van der Waals surface area contributed by atoms with Gasteiger partial charge in [-0.2, -0.15) is 0 Å². The second-order valence-electron chi connectivity index (χ2n) is 10.1. The number of thiocarbonyl (C=S) groups is 1. The summed E-state index contributed by atoms with van der Waals surface area (Å²) in [6.07, 6.45) is 3.84. The summed E-state index contributed by atoms with van der Waals surface area (Å²) in [5.41, 5.74) is 6.33. The fourth-order valence-corrected chi connectivity index (χ4v) is 5.48. The Morgan fingerprint density at radius 3 is 2.47 bits per heavy atom. The number of amides is 2. The van der Waals surface area contributed by atoms with Gasteiger partial charge in [0, 0.05) is 17.8 Å². The fourth-order valence-electron chi connectivity index (χ4n) is 5.19. The van der Waals surface area contributed by atoms with Crippen LogP contribution in [0.15, 0.2) is 42.0 Å². The number of aryl methyl sites for hydroxylation is 2. The molecule has 5 nitrogen and oxygen atoms in total. The molecule has 1 unspecified atom stereocenters. The zero-order valence-electron chi connectivity index (χ0n) is 20.9. The van der Waals surface area contributed by atoms with Gasteiger partial charge in [-0.25, -0.2) is 0 Å². The molecule has 0 aromatic heterocycles. The Morgan fingerprint density at radius 1 is 1.15 bits per heavy atom. The first-order chi connectivity index (χ1) is 16.0. The molecule has 0 aliphatic carbocycles. The van der Waals surface area contributed by atoms with Crippen molar-refractivity contribution >= 4 is 46.6 Å². The van der Waals surface area contributed by atoms with Gasteiger partial charge < -0.3 is 4.90 Å². The Balaban J connectivity index is 1.77. The van der Waals surface area contributed by atoms with E-state index in [0.717, 1.165) is 36.1 Å². The number of benzene rings is 2. The van der Waals surface area contributed by atoms with Crippen LogP contribution in [0.4, 0.5) is 11.4 Å². The van der Waals surface area contributed by atoms with Crippen LogP contribution in [0, 0.1) is 13.8 Å². The van der Waals surface area contributed by atoms with Crippen LogP contribution in [0.25, 0.3) is 6.08 Å². The first-order valence-corrected chi connectivity index (χ1v) is 12.3. The number of nitrogens with zero attached hydrogens (tertiary/aromatic N) is 2. The molecule has 2 aromatic carbocycles. The van der Waals surface area contributed by atoms with E-state index in [-0.39, 0.29) is 16.2 Å². The molecule has 1 N–H and O–H groups in total. The zero-order valence-corrected chi connectivity index (χ0v) is 21.7. The highest BCUT2D eigenvalue weighted by molar-refractivity contribution is 7.80. The van der Waals surface area contributed by atoms with Crippen LogP contribution < -0.4 is 15.1 Å². The summed E-state index contributed by atoms with van der Waals surface area (Å²) in [5, 5.41) is 2.79. The van der Waals surface area contributed by atoms with Crippen molar-refractivity contribution in [3.8, 4) is 0 Å². The van der Waals surface area contributed by atoms with Gasteiger partial charge in [-0.1, -0.05) is 31.5 Å². The second kappa shape index (κ2) is 8.99. The van der Waals surface area contributed by atoms with Gasteiger partial charge in [0.1, 0.15) is 5.57 Å². The molecule has 2 amide bonds. The van der Waals surface area contributed by atoms with Crippen molar-refractivity contribution in [3.63, 3.8) is 0 Å². The highest BCUT2D eigenvalue weighted by atomic mass is 32.1. The van der Waals surface area contributed by atoms with Gasteiger partial charge in [0.05, 0.1) is 5.69 Å². The number of anilines is 2. The summed E-state index contributed by atoms with van der Waals surface area (Å²) in [5.74, 6) is -0.489. The van der Waals surface area contributed by atoms with E-state index in [4.69, 9.17) is 12.2 Å². The standard InChI is InChI=1S/C28H33N3O2S/c1-7-12-30-24-13-18(3)20(14-22(24)19(4)16-28(30,5)6)15-23-25(32)29-27(34)31(26(23)33)21-10-8-17(2)9-11-21/h8-11,13-15,19H,7,12,16H2,1-6H3,(H,29,32,34)/b23-15-. The summed E-state index contributed by atoms with van der Waals surface area (Å²) in [6, 6.07) is 11.9. The quantitative estimate of drug-likeness (QED) is 0.353. The Morgan fingerprint density at radius 2 is 1.82 bits per heavy atom. The first kappa shape index (κ1) is 24.1. The lowest BCUT2D eigenvalue weighted by atomic mass is 9.78. The molecular formula is C28H33N3O2S. The number of rotatable bonds is 4. The van der Waals surface area contributed by atoms with Gasteiger partial charge in [0.25, 0.3) is 11.8 Å². The van der Waals surface area contributed by atoms with Crippen LogP contribution in [0.1, 0.15) is 68.7 Å². The van der Waals surface area contributed by atoms with Gasteiger partial charge in [-0.3, -0.25) is 19.8 Å². The average molecular weight is 476 g/mol. The van der Waals surface area contributed by atoms with E-state index in [9.17, 15) is 9.59 Å². The van der Waals surface area contributed by atoms with Crippen molar-refractivity contribution in [3.05, 3.63) is 64.2 Å². The third-order valence-electron chi connectivity index (χ3n) is 6.91. The Kier molecular flexibility index (Phi) is 6.38. The van der Waals surface area contributed by atoms with Gasteiger partial charge >= 0.3 is 0 Å². The molecule has 0 radical (unpaired) electrons. The van der Waals surface area contributed by atoms with E-state index < -0.39 is 11.8 Å². The highest BCUT2D eigenvalue weighted by Gasteiger charge is 2.37. The van der Waals surface area contributed by atoms with Crippen molar-refractivity contribution < 1.29 is 9.59 Å². The number of hydrogen-bond donors (Lipinski definition) is 1. The Hall–Kier alpha value is -2.99. The molecule has 0 bridgehead atoms. The smallest absolute Gasteiger partial charge is 0.270 e. The zero-order chi connectivity index (χ0) is 24.8. The van der Waals surface area contributed by atoms with Crippen molar-refractivity contribution in [2.24, 2.45) is 0 Å². The minimum atomic E-state index is -0.461. The maximum Gasteiger partial charge on any atom is 0.270 e. The Bertz CT molecular complexity index is 1200. The summed E-state index contributed by atoms with van der Waals surface area (Å²) in [7, 11) is 0. The molecule has 178 valence electrons. The predicted molar refractivity (Wildman–Crippen MR) is 143 cm³/mol. The number of carbonyl (C=O) groups excluding carboxylic acids is 2. The minimum absolute atomic E-state index is 0.0817. The van der Waals surface area contributed by atoms with Crippen LogP contribution in [0.3, 0.4) is 0 Å². The number of carbonyl (C=O) groups is 2. The van der Waals surface area contributed by atoms with E-state index in [1.54, 1.807) is 6.08 Å². The first-order valence-electron chi connectivity index (χ1n) is 11.9. The molecule has 0 saturated carbocycles. The predicted octanol–water partition coefficient (Wildman–Crippen LogP) is 5.64. The number of nitrogens with one attached hydrogen (secondary N) is 1. The highest BCUT2D eigenvalue weighted by Crippen LogP contribution is 2.44. The molecule has 1 fully saturated rings. The van der Waals surface area contributed by atoms with E-state index in [2.05, 4.69) is 50.0 Å². The molecule has 1 atom stereocenters.